The molecule has 4 heteroatoms. The van der Waals surface area contributed by atoms with Gasteiger partial charge in [0.05, 0.1) is 0 Å². The van der Waals surface area contributed by atoms with Crippen molar-refractivity contribution in [3.8, 4) is 0 Å². The molecular weight excluding hydrogens is 122 g/mol. The molecule has 1 radical (unpaired) electrons. The highest BCUT2D eigenvalue weighted by Gasteiger charge is 2.13. The Morgan fingerprint density at radius 1 is 1.56 bits per heavy atom. The van der Waals surface area contributed by atoms with Crippen LogP contribution < -0.4 is 0 Å². The van der Waals surface area contributed by atoms with Crippen molar-refractivity contribution >= 4 is 11.7 Å². The van der Waals surface area contributed by atoms with Gasteiger partial charge in [-0.25, -0.2) is 0 Å². The van der Waals surface area contributed by atoms with Gasteiger partial charge in [-0.05, 0) is 0 Å². The number of carbonyl (C=O) groups excluding carboxylic acids is 1. The number of carbonyl (C=O) groups is 1. The molecule has 0 amide bonds. The van der Waals surface area contributed by atoms with Gasteiger partial charge in [0.1, 0.15) is 0 Å². The van der Waals surface area contributed by atoms with Gasteiger partial charge < -0.3 is 10.2 Å². The van der Waals surface area contributed by atoms with Gasteiger partial charge in [-0.2, -0.15) is 4.99 Å². The molecule has 0 saturated heterocycles. The van der Waals surface area contributed by atoms with Gasteiger partial charge >= 0.3 is 0 Å². The first-order valence-corrected chi connectivity index (χ1v) is 2.31. The van der Waals surface area contributed by atoms with E-state index in [2.05, 4.69) is 11.1 Å². The van der Waals surface area contributed by atoms with Crippen LogP contribution in [0.25, 0.3) is 0 Å². The summed E-state index contributed by atoms with van der Waals surface area (Å²) in [5, 5.41) is 17.0. The van der Waals surface area contributed by atoms with E-state index in [9.17, 15) is 4.79 Å². The second kappa shape index (κ2) is 1.89. The predicted molar refractivity (Wildman–Crippen MR) is 29.1 cm³/mol. The van der Waals surface area contributed by atoms with Crippen LogP contribution >= 0.6 is 0 Å². The summed E-state index contributed by atoms with van der Waals surface area (Å²) >= 11 is 0. The number of hydrogen-bond donors (Lipinski definition) is 2. The number of aliphatic hydroxyl groups is 2. The number of ketones is 1. The number of aliphatic imine (C=N–C) groups is 1. The van der Waals surface area contributed by atoms with Crippen LogP contribution in [0.3, 0.4) is 0 Å². The van der Waals surface area contributed by atoms with Crippen LogP contribution in [-0.4, -0.2) is 21.9 Å². The lowest BCUT2D eigenvalue weighted by Gasteiger charge is -1.99. The number of allylic oxidation sites excluding steroid dienone is 1. The molecule has 1 aliphatic heterocycles. The van der Waals surface area contributed by atoms with E-state index < -0.39 is 17.6 Å². The number of rotatable bonds is 0. The minimum Gasteiger partial charge on any atom is -0.493 e. The maximum atomic E-state index is 10.4. The summed E-state index contributed by atoms with van der Waals surface area (Å²) < 4.78 is 0. The maximum absolute atomic E-state index is 10.4. The van der Waals surface area contributed by atoms with Gasteiger partial charge in [0.15, 0.2) is 0 Å². The Balaban J connectivity index is 2.87. The molecular formula is C5H4NO3. The largest absolute Gasteiger partial charge is 0.493 e. The lowest BCUT2D eigenvalue weighted by atomic mass is 10.2. The first kappa shape index (κ1) is 5.81. The average Bonchev–Trinajstić information content (AvgIpc) is 1.80. The summed E-state index contributed by atoms with van der Waals surface area (Å²) in [6, 6.07) is 0. The van der Waals surface area contributed by atoms with E-state index in [1.54, 1.807) is 0 Å². The van der Waals surface area contributed by atoms with Crippen molar-refractivity contribution in [1.29, 1.82) is 0 Å². The summed E-state index contributed by atoms with van der Waals surface area (Å²) in [6.45, 7) is 0. The fraction of sp³-hybridized carbons (Fsp3) is 0.200. The molecule has 0 fully saturated rings. The molecule has 1 aliphatic rings. The Kier molecular flexibility index (Phi) is 1.22. The molecule has 0 saturated carbocycles. The summed E-state index contributed by atoms with van der Waals surface area (Å²) in [5.41, 5.74) is 0. The zero-order chi connectivity index (χ0) is 6.85. The van der Waals surface area contributed by atoms with Gasteiger partial charge in [0.2, 0.25) is 11.7 Å². The summed E-state index contributed by atoms with van der Waals surface area (Å²) in [6.07, 6.45) is 2.14. The minimum atomic E-state index is -0.647. The van der Waals surface area contributed by atoms with Crippen molar-refractivity contribution in [2.24, 2.45) is 4.99 Å². The number of nitrogens with zero attached hydrogens (tertiary/aromatic N) is 1. The van der Waals surface area contributed by atoms with E-state index in [-0.39, 0.29) is 6.42 Å². The van der Waals surface area contributed by atoms with Crippen LogP contribution in [0.1, 0.15) is 6.42 Å². The van der Waals surface area contributed by atoms with Gasteiger partial charge in [-0.15, -0.1) is 0 Å². The third kappa shape index (κ3) is 1.07. The first-order chi connectivity index (χ1) is 4.20. The normalized spacial score (nSPS) is 18.9. The predicted octanol–water partition coefficient (Wildman–Crippen LogP) is 0.118. The average molecular weight is 126 g/mol. The monoisotopic (exact) mass is 126 g/mol. The molecule has 9 heavy (non-hydrogen) atoms. The van der Waals surface area contributed by atoms with E-state index in [4.69, 9.17) is 10.2 Å². The van der Waals surface area contributed by atoms with Crippen molar-refractivity contribution < 1.29 is 15.0 Å². The summed E-state index contributed by atoms with van der Waals surface area (Å²) in [4.78, 5) is 13.4. The molecule has 0 bridgehead atoms. The zero-order valence-electron chi connectivity index (χ0n) is 4.46. The van der Waals surface area contributed by atoms with E-state index >= 15 is 0 Å². The number of Topliss-reactive ketones (excluding diaryl/α,β-unsaturated/α-hetero) is 1. The van der Waals surface area contributed by atoms with Crippen molar-refractivity contribution in [1.82, 2.24) is 0 Å². The standard InChI is InChI=1S/C5H4NO3/c7-3-1-2-4(8)6-5(3)9/h8H,1H2,(H,6,9). The number of aliphatic hydroxyl groups excluding tert-OH is 2. The smallest absolute Gasteiger partial charge is 0.259 e. The molecule has 2 N–H and O–H groups in total. The van der Waals surface area contributed by atoms with Crippen molar-refractivity contribution in [2.45, 2.75) is 6.42 Å². The highest BCUT2D eigenvalue weighted by Crippen LogP contribution is 2.01. The highest BCUT2D eigenvalue weighted by molar-refractivity contribution is 6.36. The van der Waals surface area contributed by atoms with Crippen LogP contribution in [0, 0.1) is 6.08 Å². The molecule has 0 aliphatic carbocycles. The van der Waals surface area contributed by atoms with Crippen molar-refractivity contribution in [3.05, 3.63) is 12.0 Å². The summed E-state index contributed by atoms with van der Waals surface area (Å²) in [7, 11) is 0. The van der Waals surface area contributed by atoms with Gasteiger partial charge in [0.25, 0.3) is 5.90 Å². The molecule has 0 aromatic rings. The third-order valence-electron chi connectivity index (χ3n) is 0.868. The molecule has 47 valence electrons. The molecule has 0 atom stereocenters. The van der Waals surface area contributed by atoms with E-state index in [0.29, 0.717) is 0 Å². The van der Waals surface area contributed by atoms with Gasteiger partial charge in [-0.1, -0.05) is 0 Å². The van der Waals surface area contributed by atoms with Crippen LogP contribution in [0.15, 0.2) is 10.9 Å². The molecule has 1 heterocycles. The summed E-state index contributed by atoms with van der Waals surface area (Å²) in [5.74, 6) is -1.59. The lowest BCUT2D eigenvalue weighted by molar-refractivity contribution is -0.113. The van der Waals surface area contributed by atoms with Gasteiger partial charge in [0, 0.05) is 12.5 Å². The second-order valence-corrected chi connectivity index (χ2v) is 1.54. The van der Waals surface area contributed by atoms with E-state index in [1.807, 2.05) is 0 Å². The SMILES string of the molecule is O=C1C[C]=C(O)N=C1O. The van der Waals surface area contributed by atoms with Crippen LogP contribution in [-0.2, 0) is 4.79 Å². The molecule has 4 nitrogen and oxygen atoms in total. The number of hydrogen-bond acceptors (Lipinski definition) is 3. The topological polar surface area (TPSA) is 69.9 Å². The second-order valence-electron chi connectivity index (χ2n) is 1.54. The fourth-order valence-electron chi connectivity index (χ4n) is 0.441. The highest BCUT2D eigenvalue weighted by atomic mass is 16.3. The molecule has 0 aromatic heterocycles. The quantitative estimate of drug-likeness (QED) is 0.484. The Bertz CT molecular complexity index is 204. The fourth-order valence-corrected chi connectivity index (χ4v) is 0.441. The first-order valence-electron chi connectivity index (χ1n) is 2.31. The Labute approximate surface area is 51.1 Å². The molecule has 0 spiro atoms. The zero-order valence-corrected chi connectivity index (χ0v) is 4.46. The minimum absolute atomic E-state index is 0.0961. The van der Waals surface area contributed by atoms with Crippen molar-refractivity contribution in [3.63, 3.8) is 0 Å². The van der Waals surface area contributed by atoms with Crippen LogP contribution in [0.2, 0.25) is 0 Å². The third-order valence-corrected chi connectivity index (χ3v) is 0.868. The van der Waals surface area contributed by atoms with E-state index in [1.165, 1.54) is 0 Å². The van der Waals surface area contributed by atoms with Crippen molar-refractivity contribution in [2.75, 3.05) is 0 Å². The molecule has 1 rings (SSSR count). The Hall–Kier alpha value is -1.32. The van der Waals surface area contributed by atoms with E-state index in [0.717, 1.165) is 0 Å². The van der Waals surface area contributed by atoms with Gasteiger partial charge in [-0.3, -0.25) is 4.79 Å². The Morgan fingerprint density at radius 3 is 2.67 bits per heavy atom. The molecule has 0 unspecified atom stereocenters. The maximum Gasteiger partial charge on any atom is 0.259 e. The molecule has 0 aromatic carbocycles. The van der Waals surface area contributed by atoms with Crippen LogP contribution in [0.4, 0.5) is 0 Å². The lowest BCUT2D eigenvalue weighted by Crippen LogP contribution is -2.15. The van der Waals surface area contributed by atoms with Crippen LogP contribution in [0.5, 0.6) is 0 Å². The Morgan fingerprint density at radius 2 is 2.22 bits per heavy atom.